The molecule has 1 aromatic heterocycles. The molecular formula is C10H12N2O. The van der Waals surface area contributed by atoms with Crippen LogP contribution in [0, 0.1) is 20.8 Å². The lowest BCUT2D eigenvalue weighted by Crippen LogP contribution is -1.86. The van der Waals surface area contributed by atoms with Crippen molar-refractivity contribution >= 4 is 17.1 Å². The number of benzene rings is 1. The van der Waals surface area contributed by atoms with E-state index in [0.29, 0.717) is 0 Å². The summed E-state index contributed by atoms with van der Waals surface area (Å²) in [5.74, 6) is 0. The summed E-state index contributed by atoms with van der Waals surface area (Å²) in [7, 11) is 0. The summed E-state index contributed by atoms with van der Waals surface area (Å²) >= 11 is 0. The molecule has 0 atom stereocenters. The number of fused-ring (bicyclic) bond motifs is 1. The van der Waals surface area contributed by atoms with Crippen LogP contribution in [0.3, 0.4) is 0 Å². The van der Waals surface area contributed by atoms with Crippen molar-refractivity contribution in [3.63, 3.8) is 0 Å². The monoisotopic (exact) mass is 176 g/mol. The van der Waals surface area contributed by atoms with Crippen molar-refractivity contribution in [1.29, 1.82) is 0 Å². The van der Waals surface area contributed by atoms with Crippen LogP contribution in [-0.4, -0.2) is 4.98 Å². The summed E-state index contributed by atoms with van der Waals surface area (Å²) in [5.41, 5.74) is 10.6. The molecule has 3 heteroatoms. The third kappa shape index (κ3) is 1.08. The highest BCUT2D eigenvalue weighted by Gasteiger charge is 2.10. The molecule has 0 spiro atoms. The maximum Gasteiger partial charge on any atom is 0.293 e. The first-order valence-corrected chi connectivity index (χ1v) is 4.22. The van der Waals surface area contributed by atoms with Crippen LogP contribution in [0.25, 0.3) is 11.1 Å². The number of nitrogens with zero attached hydrogens (tertiary/aromatic N) is 1. The molecule has 0 aliphatic carbocycles. The summed E-state index contributed by atoms with van der Waals surface area (Å²) in [6, 6.07) is 2.33. The van der Waals surface area contributed by atoms with Gasteiger partial charge in [-0.3, -0.25) is 0 Å². The van der Waals surface area contributed by atoms with Crippen LogP contribution < -0.4 is 5.73 Å². The Morgan fingerprint density at radius 3 is 2.62 bits per heavy atom. The highest BCUT2D eigenvalue weighted by molar-refractivity contribution is 5.82. The molecule has 2 rings (SSSR count). The third-order valence-electron chi connectivity index (χ3n) is 2.38. The molecular weight excluding hydrogens is 164 g/mol. The van der Waals surface area contributed by atoms with E-state index in [4.69, 9.17) is 10.2 Å². The van der Waals surface area contributed by atoms with Gasteiger partial charge in [-0.25, -0.2) is 0 Å². The van der Waals surface area contributed by atoms with Gasteiger partial charge < -0.3 is 10.2 Å². The van der Waals surface area contributed by atoms with Gasteiger partial charge >= 0.3 is 0 Å². The third-order valence-corrected chi connectivity index (χ3v) is 2.38. The second kappa shape index (κ2) is 2.49. The van der Waals surface area contributed by atoms with Gasteiger partial charge in [-0.05, 0) is 37.5 Å². The molecule has 0 bridgehead atoms. The lowest BCUT2D eigenvalue weighted by molar-refractivity contribution is 0.623. The second-order valence-electron chi connectivity index (χ2n) is 3.37. The van der Waals surface area contributed by atoms with E-state index in [2.05, 4.69) is 18.0 Å². The second-order valence-corrected chi connectivity index (χ2v) is 3.37. The van der Waals surface area contributed by atoms with E-state index in [1.807, 2.05) is 13.8 Å². The van der Waals surface area contributed by atoms with Crippen LogP contribution in [0.5, 0.6) is 0 Å². The van der Waals surface area contributed by atoms with Gasteiger partial charge in [-0.1, -0.05) is 6.07 Å². The zero-order valence-electron chi connectivity index (χ0n) is 8.01. The predicted octanol–water partition coefficient (Wildman–Crippen LogP) is 2.34. The van der Waals surface area contributed by atoms with Gasteiger partial charge in [0.05, 0.1) is 0 Å². The van der Waals surface area contributed by atoms with Crippen molar-refractivity contribution in [3.05, 3.63) is 22.8 Å². The Kier molecular flexibility index (Phi) is 1.55. The van der Waals surface area contributed by atoms with E-state index < -0.39 is 0 Å². The standard InChI is InChI=1S/C10H12N2O/c1-5-4-6(2)9-8(7(5)3)12-10(11)13-9/h4H,1-3H3,(H2,11,12). The Morgan fingerprint density at radius 1 is 1.23 bits per heavy atom. The van der Waals surface area contributed by atoms with Crippen LogP contribution in [0.1, 0.15) is 16.7 Å². The molecule has 0 saturated carbocycles. The average Bonchev–Trinajstić information content (AvgIpc) is 2.44. The van der Waals surface area contributed by atoms with Gasteiger partial charge in [0.1, 0.15) is 5.52 Å². The summed E-state index contributed by atoms with van der Waals surface area (Å²) in [4.78, 5) is 4.15. The molecule has 3 nitrogen and oxygen atoms in total. The van der Waals surface area contributed by atoms with Crippen molar-refractivity contribution in [1.82, 2.24) is 4.98 Å². The minimum atomic E-state index is 0.242. The number of aryl methyl sites for hydroxylation is 3. The number of rotatable bonds is 0. The quantitative estimate of drug-likeness (QED) is 0.670. The zero-order valence-corrected chi connectivity index (χ0v) is 8.01. The fraction of sp³-hybridized carbons (Fsp3) is 0.300. The average molecular weight is 176 g/mol. The predicted molar refractivity (Wildman–Crippen MR) is 52.6 cm³/mol. The van der Waals surface area contributed by atoms with E-state index in [-0.39, 0.29) is 6.01 Å². The largest absolute Gasteiger partial charge is 0.423 e. The molecule has 2 N–H and O–H groups in total. The molecule has 13 heavy (non-hydrogen) atoms. The van der Waals surface area contributed by atoms with E-state index in [0.717, 1.165) is 22.2 Å². The highest BCUT2D eigenvalue weighted by atomic mass is 16.4. The molecule has 0 aliphatic rings. The lowest BCUT2D eigenvalue weighted by atomic mass is 10.1. The van der Waals surface area contributed by atoms with Crippen molar-refractivity contribution in [2.45, 2.75) is 20.8 Å². The smallest absolute Gasteiger partial charge is 0.293 e. The maximum absolute atomic E-state index is 5.50. The maximum atomic E-state index is 5.50. The molecule has 0 unspecified atom stereocenters. The molecule has 0 amide bonds. The van der Waals surface area contributed by atoms with Gasteiger partial charge in [-0.2, -0.15) is 4.98 Å². The van der Waals surface area contributed by atoms with Crippen molar-refractivity contribution in [2.24, 2.45) is 0 Å². The normalized spacial score (nSPS) is 11.0. The van der Waals surface area contributed by atoms with Crippen molar-refractivity contribution in [3.8, 4) is 0 Å². The number of aromatic nitrogens is 1. The van der Waals surface area contributed by atoms with Gasteiger partial charge in [0, 0.05) is 0 Å². The zero-order chi connectivity index (χ0) is 9.59. The number of oxazole rings is 1. The van der Waals surface area contributed by atoms with Crippen molar-refractivity contribution in [2.75, 3.05) is 5.73 Å². The Hall–Kier alpha value is -1.51. The lowest BCUT2D eigenvalue weighted by Gasteiger charge is -2.01. The molecule has 0 saturated heterocycles. The molecule has 2 aromatic rings. The molecule has 1 aromatic carbocycles. The number of hydrogen-bond acceptors (Lipinski definition) is 3. The number of nitrogen functional groups attached to an aromatic ring is 1. The van der Waals surface area contributed by atoms with Crippen LogP contribution >= 0.6 is 0 Å². The van der Waals surface area contributed by atoms with E-state index >= 15 is 0 Å². The number of nitrogens with two attached hydrogens (primary N) is 1. The molecule has 0 aliphatic heterocycles. The van der Waals surface area contributed by atoms with Crippen LogP contribution in [0.15, 0.2) is 10.5 Å². The molecule has 0 radical (unpaired) electrons. The summed E-state index contributed by atoms with van der Waals surface area (Å²) < 4.78 is 5.30. The molecule has 0 fully saturated rings. The Labute approximate surface area is 76.6 Å². The first kappa shape index (κ1) is 8.10. The Bertz CT molecular complexity index is 471. The minimum absolute atomic E-state index is 0.242. The minimum Gasteiger partial charge on any atom is -0.423 e. The van der Waals surface area contributed by atoms with E-state index in [1.165, 1.54) is 5.56 Å². The van der Waals surface area contributed by atoms with Gasteiger partial charge in [-0.15, -0.1) is 0 Å². The van der Waals surface area contributed by atoms with E-state index in [1.54, 1.807) is 0 Å². The van der Waals surface area contributed by atoms with Crippen LogP contribution in [0.2, 0.25) is 0 Å². The molecule has 68 valence electrons. The number of hydrogen-bond donors (Lipinski definition) is 1. The van der Waals surface area contributed by atoms with Gasteiger partial charge in [0.15, 0.2) is 5.58 Å². The van der Waals surface area contributed by atoms with E-state index in [9.17, 15) is 0 Å². The highest BCUT2D eigenvalue weighted by Crippen LogP contribution is 2.26. The summed E-state index contributed by atoms with van der Waals surface area (Å²) in [6.45, 7) is 6.09. The van der Waals surface area contributed by atoms with Gasteiger partial charge in [0.2, 0.25) is 0 Å². The van der Waals surface area contributed by atoms with Crippen LogP contribution in [-0.2, 0) is 0 Å². The fourth-order valence-electron chi connectivity index (χ4n) is 1.54. The summed E-state index contributed by atoms with van der Waals surface area (Å²) in [5, 5.41) is 0. The topological polar surface area (TPSA) is 52.0 Å². The Balaban J connectivity index is 2.95. The van der Waals surface area contributed by atoms with Gasteiger partial charge in [0.25, 0.3) is 6.01 Å². The summed E-state index contributed by atoms with van der Waals surface area (Å²) in [6.07, 6.45) is 0. The first-order chi connectivity index (χ1) is 6.09. The Morgan fingerprint density at radius 2 is 1.92 bits per heavy atom. The fourth-order valence-corrected chi connectivity index (χ4v) is 1.54. The van der Waals surface area contributed by atoms with Crippen LogP contribution in [0.4, 0.5) is 6.01 Å². The number of anilines is 1. The van der Waals surface area contributed by atoms with Crippen molar-refractivity contribution < 1.29 is 4.42 Å². The SMILES string of the molecule is Cc1cc(C)c2oc(N)nc2c1C. The first-order valence-electron chi connectivity index (χ1n) is 4.22. The molecule has 1 heterocycles.